The smallest absolute Gasteiger partial charge is 0.387 e. The second-order valence-electron chi connectivity index (χ2n) is 4.94. The number of urea groups is 1. The summed E-state index contributed by atoms with van der Waals surface area (Å²) in [7, 11) is 0. The first-order valence-corrected chi connectivity index (χ1v) is 6.80. The third kappa shape index (κ3) is 4.29. The number of aliphatic hydroxyl groups is 1. The van der Waals surface area contributed by atoms with Crippen LogP contribution in [0.5, 0.6) is 5.75 Å². The van der Waals surface area contributed by atoms with E-state index in [9.17, 15) is 13.6 Å². The van der Waals surface area contributed by atoms with Crippen molar-refractivity contribution in [1.29, 1.82) is 0 Å². The Morgan fingerprint density at radius 2 is 2.24 bits per heavy atom. The minimum absolute atomic E-state index is 0.0366. The van der Waals surface area contributed by atoms with Crippen LogP contribution >= 0.6 is 0 Å². The average Bonchev–Trinajstić information content (AvgIpc) is 2.48. The predicted octanol–water partition coefficient (Wildman–Crippen LogP) is 2.52. The number of amides is 2. The van der Waals surface area contributed by atoms with Crippen molar-refractivity contribution >= 4 is 11.7 Å². The number of halogens is 2. The first-order valence-electron chi connectivity index (χ1n) is 6.80. The summed E-state index contributed by atoms with van der Waals surface area (Å²) in [5, 5.41) is 11.7. The van der Waals surface area contributed by atoms with E-state index in [0.29, 0.717) is 13.1 Å². The van der Waals surface area contributed by atoms with E-state index in [-0.39, 0.29) is 30.0 Å². The van der Waals surface area contributed by atoms with Crippen LogP contribution in [0.15, 0.2) is 24.3 Å². The molecule has 1 saturated heterocycles. The second kappa shape index (κ2) is 7.21. The number of likely N-dealkylation sites (tertiary alicyclic amines) is 1. The highest BCUT2D eigenvalue weighted by atomic mass is 19.3. The average molecular weight is 300 g/mol. The molecule has 2 rings (SSSR count). The van der Waals surface area contributed by atoms with E-state index >= 15 is 0 Å². The molecule has 1 fully saturated rings. The summed E-state index contributed by atoms with van der Waals surface area (Å²) in [6.07, 6.45) is 1.69. The maximum atomic E-state index is 12.3. The van der Waals surface area contributed by atoms with Crippen LogP contribution in [0, 0.1) is 5.92 Å². The van der Waals surface area contributed by atoms with Gasteiger partial charge in [-0.25, -0.2) is 4.79 Å². The molecule has 1 aliphatic rings. The van der Waals surface area contributed by atoms with Gasteiger partial charge in [0.25, 0.3) is 0 Å². The Kier molecular flexibility index (Phi) is 5.32. The summed E-state index contributed by atoms with van der Waals surface area (Å²) in [5.74, 6) is -0.00590. The molecule has 0 spiro atoms. The van der Waals surface area contributed by atoms with Gasteiger partial charge in [-0.05, 0) is 30.9 Å². The summed E-state index contributed by atoms with van der Waals surface area (Å²) < 4.78 is 29.0. The number of aliphatic hydroxyl groups excluding tert-OH is 1. The Balaban J connectivity index is 2.02. The molecule has 2 amide bonds. The zero-order chi connectivity index (χ0) is 15.2. The lowest BCUT2D eigenvalue weighted by Gasteiger charge is -2.32. The van der Waals surface area contributed by atoms with E-state index in [1.54, 1.807) is 17.0 Å². The molecule has 2 N–H and O–H groups in total. The summed E-state index contributed by atoms with van der Waals surface area (Å²) in [5.41, 5.74) is 0.203. The largest absolute Gasteiger partial charge is 0.433 e. The zero-order valence-corrected chi connectivity index (χ0v) is 11.5. The van der Waals surface area contributed by atoms with Gasteiger partial charge in [0.15, 0.2) is 0 Å². The van der Waals surface area contributed by atoms with Crippen LogP contribution in [-0.4, -0.2) is 42.3 Å². The summed E-state index contributed by atoms with van der Waals surface area (Å²) >= 11 is 0. The predicted molar refractivity (Wildman–Crippen MR) is 73.5 cm³/mol. The van der Waals surface area contributed by atoms with E-state index in [1.807, 2.05) is 0 Å². The van der Waals surface area contributed by atoms with Crippen LogP contribution in [0.1, 0.15) is 12.8 Å². The van der Waals surface area contributed by atoms with E-state index in [2.05, 4.69) is 10.1 Å². The first-order chi connectivity index (χ1) is 10.1. The molecule has 1 heterocycles. The zero-order valence-electron chi connectivity index (χ0n) is 11.5. The maximum absolute atomic E-state index is 12.3. The van der Waals surface area contributed by atoms with E-state index in [0.717, 1.165) is 12.8 Å². The van der Waals surface area contributed by atoms with Gasteiger partial charge in [0.05, 0.1) is 5.69 Å². The third-order valence-electron chi connectivity index (χ3n) is 3.41. The highest BCUT2D eigenvalue weighted by Crippen LogP contribution is 2.26. The van der Waals surface area contributed by atoms with Crippen LogP contribution in [0.4, 0.5) is 19.3 Å². The molecule has 0 radical (unpaired) electrons. The third-order valence-corrected chi connectivity index (χ3v) is 3.41. The Morgan fingerprint density at radius 3 is 2.95 bits per heavy atom. The van der Waals surface area contributed by atoms with Crippen LogP contribution < -0.4 is 10.1 Å². The number of carbonyl (C=O) groups excluding carboxylic acids is 1. The van der Waals surface area contributed by atoms with Crippen molar-refractivity contribution in [3.05, 3.63) is 24.3 Å². The molecule has 0 saturated carbocycles. The van der Waals surface area contributed by atoms with Crippen molar-refractivity contribution in [3.63, 3.8) is 0 Å². The van der Waals surface area contributed by atoms with Crippen LogP contribution in [0.2, 0.25) is 0 Å². The van der Waals surface area contributed by atoms with Crippen LogP contribution in [-0.2, 0) is 0 Å². The van der Waals surface area contributed by atoms with Gasteiger partial charge >= 0.3 is 12.6 Å². The maximum Gasteiger partial charge on any atom is 0.387 e. The Morgan fingerprint density at radius 1 is 1.48 bits per heavy atom. The lowest BCUT2D eigenvalue weighted by molar-refractivity contribution is -0.0493. The number of hydrogen-bond donors (Lipinski definition) is 2. The number of rotatable bonds is 4. The summed E-state index contributed by atoms with van der Waals surface area (Å²) in [4.78, 5) is 13.7. The number of carbonyl (C=O) groups is 1. The Bertz CT molecular complexity index is 485. The lowest BCUT2D eigenvalue weighted by Crippen LogP contribution is -2.43. The van der Waals surface area contributed by atoms with Gasteiger partial charge in [0.2, 0.25) is 0 Å². The van der Waals surface area contributed by atoms with E-state index < -0.39 is 6.61 Å². The molecule has 0 aliphatic carbocycles. The number of benzene rings is 1. The SMILES string of the molecule is O=C(Nc1ccccc1OC(F)F)N1CCCC(CO)C1. The summed E-state index contributed by atoms with van der Waals surface area (Å²) in [6, 6.07) is 5.67. The van der Waals surface area contributed by atoms with Crippen molar-refractivity contribution in [2.45, 2.75) is 19.5 Å². The van der Waals surface area contributed by atoms with Crippen molar-refractivity contribution in [2.24, 2.45) is 5.92 Å². The minimum atomic E-state index is -2.95. The summed E-state index contributed by atoms with van der Waals surface area (Å²) in [6.45, 7) is -1.87. The van der Waals surface area contributed by atoms with Gasteiger partial charge in [-0.3, -0.25) is 0 Å². The number of anilines is 1. The number of nitrogens with zero attached hydrogens (tertiary/aromatic N) is 1. The Hall–Kier alpha value is -1.89. The van der Waals surface area contributed by atoms with Crippen LogP contribution in [0.25, 0.3) is 0 Å². The van der Waals surface area contributed by atoms with Crippen molar-refractivity contribution in [2.75, 3.05) is 25.0 Å². The molecule has 7 heteroatoms. The lowest BCUT2D eigenvalue weighted by atomic mass is 9.99. The highest BCUT2D eigenvalue weighted by Gasteiger charge is 2.23. The van der Waals surface area contributed by atoms with E-state index in [1.165, 1.54) is 12.1 Å². The molecule has 1 aromatic rings. The van der Waals surface area contributed by atoms with Gasteiger partial charge < -0.3 is 20.1 Å². The van der Waals surface area contributed by atoms with E-state index in [4.69, 9.17) is 5.11 Å². The molecule has 5 nitrogen and oxygen atoms in total. The number of ether oxygens (including phenoxy) is 1. The molecule has 0 bridgehead atoms. The molecule has 0 aromatic heterocycles. The van der Waals surface area contributed by atoms with Gasteiger partial charge in [0, 0.05) is 19.7 Å². The fourth-order valence-corrected chi connectivity index (χ4v) is 2.36. The number of nitrogens with one attached hydrogen (secondary N) is 1. The molecule has 116 valence electrons. The number of para-hydroxylation sites is 2. The number of hydrogen-bond acceptors (Lipinski definition) is 3. The fourth-order valence-electron chi connectivity index (χ4n) is 2.36. The topological polar surface area (TPSA) is 61.8 Å². The quantitative estimate of drug-likeness (QED) is 0.898. The van der Waals surface area contributed by atoms with Gasteiger partial charge in [0.1, 0.15) is 5.75 Å². The molecule has 1 unspecified atom stereocenters. The minimum Gasteiger partial charge on any atom is -0.433 e. The molecule has 21 heavy (non-hydrogen) atoms. The second-order valence-corrected chi connectivity index (χ2v) is 4.94. The van der Waals surface area contributed by atoms with Crippen molar-refractivity contribution < 1.29 is 23.4 Å². The Labute approximate surface area is 121 Å². The van der Waals surface area contributed by atoms with Crippen molar-refractivity contribution in [1.82, 2.24) is 4.90 Å². The van der Waals surface area contributed by atoms with Gasteiger partial charge in [-0.1, -0.05) is 12.1 Å². The fraction of sp³-hybridized carbons (Fsp3) is 0.500. The first kappa shape index (κ1) is 15.5. The van der Waals surface area contributed by atoms with Gasteiger partial charge in [-0.15, -0.1) is 0 Å². The number of alkyl halides is 2. The monoisotopic (exact) mass is 300 g/mol. The van der Waals surface area contributed by atoms with Gasteiger partial charge in [-0.2, -0.15) is 8.78 Å². The normalized spacial score (nSPS) is 18.7. The molecule has 1 aromatic carbocycles. The number of piperidine rings is 1. The highest BCUT2D eigenvalue weighted by molar-refractivity contribution is 5.91. The molecule has 1 aliphatic heterocycles. The standard InChI is InChI=1S/C14H18F2N2O3/c15-13(16)21-12-6-2-1-5-11(12)17-14(20)18-7-3-4-10(8-18)9-19/h1-2,5-6,10,13,19H,3-4,7-9H2,(H,17,20). The molecular weight excluding hydrogens is 282 g/mol. The molecule has 1 atom stereocenters. The van der Waals surface area contributed by atoms with Crippen LogP contribution in [0.3, 0.4) is 0 Å². The van der Waals surface area contributed by atoms with Crippen molar-refractivity contribution in [3.8, 4) is 5.75 Å². The molecular formula is C14H18F2N2O3.